The first-order valence-corrected chi connectivity index (χ1v) is 7.94. The fraction of sp³-hybridized carbons (Fsp3) is 0.500. The number of rotatable bonds is 3. The second-order valence-corrected chi connectivity index (χ2v) is 6.63. The van der Waals surface area contributed by atoms with Crippen molar-refractivity contribution in [3.63, 3.8) is 0 Å². The lowest BCUT2D eigenvalue weighted by Crippen LogP contribution is -2.33. The molecule has 0 bridgehead atoms. The van der Waals surface area contributed by atoms with Crippen LogP contribution in [0.4, 0.5) is 10.6 Å². The molecule has 1 aliphatic rings. The Balaban J connectivity index is 1.57. The van der Waals surface area contributed by atoms with Crippen molar-refractivity contribution in [3.8, 4) is 0 Å². The molecule has 3 rings (SSSR count). The highest BCUT2D eigenvalue weighted by Crippen LogP contribution is 2.34. The molecule has 7 heteroatoms. The number of nitrogens with one attached hydrogen (secondary N) is 2. The summed E-state index contributed by atoms with van der Waals surface area (Å²) in [5, 5.41) is 10.9. The topological polar surface area (TPSA) is 71.8 Å². The predicted octanol–water partition coefficient (Wildman–Crippen LogP) is 2.43. The molecule has 2 N–H and O–H groups in total. The van der Waals surface area contributed by atoms with Crippen LogP contribution in [-0.4, -0.2) is 27.3 Å². The van der Waals surface area contributed by atoms with Gasteiger partial charge in [0.05, 0.1) is 10.7 Å². The fourth-order valence-electron chi connectivity index (χ4n) is 2.69. The Labute approximate surface area is 127 Å². The number of urea groups is 1. The van der Waals surface area contributed by atoms with Gasteiger partial charge in [0.25, 0.3) is 0 Å². The number of nitrogens with zero attached hydrogens (tertiary/aromatic N) is 3. The summed E-state index contributed by atoms with van der Waals surface area (Å²) in [5.74, 6) is 0.886. The maximum Gasteiger partial charge on any atom is 0.320 e. The van der Waals surface area contributed by atoms with Crippen LogP contribution in [0.25, 0.3) is 0 Å². The lowest BCUT2D eigenvalue weighted by molar-refractivity contribution is 0.251. The lowest BCUT2D eigenvalue weighted by Gasteiger charge is -2.21. The number of hydrogen-bond donors (Lipinski definition) is 2. The number of aromatic nitrogens is 3. The fourth-order valence-corrected chi connectivity index (χ4v) is 3.75. The Morgan fingerprint density at radius 3 is 3.19 bits per heavy atom. The van der Waals surface area contributed by atoms with Gasteiger partial charge in [0.15, 0.2) is 5.82 Å². The molecule has 1 atom stereocenters. The van der Waals surface area contributed by atoms with E-state index in [-0.39, 0.29) is 6.03 Å². The van der Waals surface area contributed by atoms with E-state index < -0.39 is 0 Å². The van der Waals surface area contributed by atoms with E-state index in [4.69, 9.17) is 0 Å². The van der Waals surface area contributed by atoms with E-state index in [1.165, 1.54) is 17.0 Å². The number of carbonyl (C=O) groups excluding carboxylic acids is 1. The van der Waals surface area contributed by atoms with Gasteiger partial charge in [0, 0.05) is 36.7 Å². The number of aryl methyl sites for hydroxylation is 3. The van der Waals surface area contributed by atoms with Crippen LogP contribution in [0.2, 0.25) is 0 Å². The summed E-state index contributed by atoms with van der Waals surface area (Å²) < 4.78 is 1.65. The van der Waals surface area contributed by atoms with Crippen molar-refractivity contribution in [2.24, 2.45) is 7.05 Å². The molecular weight excluding hydrogens is 286 g/mol. The predicted molar refractivity (Wildman–Crippen MR) is 82.8 cm³/mol. The number of carbonyl (C=O) groups is 1. The average Bonchev–Trinajstić information content (AvgIpc) is 3.01. The monoisotopic (exact) mass is 305 g/mol. The van der Waals surface area contributed by atoms with E-state index in [1.54, 1.807) is 28.3 Å². The van der Waals surface area contributed by atoms with Gasteiger partial charge in [-0.15, -0.1) is 11.3 Å². The van der Waals surface area contributed by atoms with E-state index in [2.05, 4.69) is 20.7 Å². The standard InChI is InChI=1S/C14H19N5OS/c1-9-16-13-10(4-3-5-11(13)21-9)8-15-14(20)17-12-6-7-19(2)18-12/h6-7,10H,3-5,8H2,1-2H3,(H2,15,17,18,20). The van der Waals surface area contributed by atoms with Gasteiger partial charge in [0.1, 0.15) is 0 Å². The maximum atomic E-state index is 11.9. The van der Waals surface area contributed by atoms with Crippen LogP contribution in [0.3, 0.4) is 0 Å². The second-order valence-electron chi connectivity index (χ2n) is 5.34. The molecule has 112 valence electrons. The molecule has 2 aromatic heterocycles. The Kier molecular flexibility index (Phi) is 3.92. The van der Waals surface area contributed by atoms with Crippen molar-refractivity contribution in [2.45, 2.75) is 32.1 Å². The van der Waals surface area contributed by atoms with Gasteiger partial charge in [-0.3, -0.25) is 10.00 Å². The highest BCUT2D eigenvalue weighted by molar-refractivity contribution is 7.11. The Morgan fingerprint density at radius 1 is 1.57 bits per heavy atom. The van der Waals surface area contributed by atoms with Crippen LogP contribution in [0.5, 0.6) is 0 Å². The molecule has 0 fully saturated rings. The van der Waals surface area contributed by atoms with Crippen molar-refractivity contribution in [2.75, 3.05) is 11.9 Å². The summed E-state index contributed by atoms with van der Waals surface area (Å²) in [6.45, 7) is 2.66. The largest absolute Gasteiger partial charge is 0.337 e. The third kappa shape index (κ3) is 3.24. The minimum absolute atomic E-state index is 0.215. The van der Waals surface area contributed by atoms with Gasteiger partial charge in [-0.2, -0.15) is 5.10 Å². The van der Waals surface area contributed by atoms with Crippen molar-refractivity contribution >= 4 is 23.2 Å². The Bertz CT molecular complexity index is 648. The third-order valence-corrected chi connectivity index (χ3v) is 4.69. The summed E-state index contributed by atoms with van der Waals surface area (Å²) in [6, 6.07) is 1.55. The van der Waals surface area contributed by atoms with Gasteiger partial charge < -0.3 is 5.32 Å². The lowest BCUT2D eigenvalue weighted by atomic mass is 9.91. The molecule has 1 aliphatic carbocycles. The molecule has 2 amide bonds. The zero-order chi connectivity index (χ0) is 14.8. The summed E-state index contributed by atoms with van der Waals surface area (Å²) in [7, 11) is 1.82. The first-order chi connectivity index (χ1) is 10.1. The number of anilines is 1. The zero-order valence-electron chi connectivity index (χ0n) is 12.2. The first-order valence-electron chi connectivity index (χ1n) is 7.12. The Hall–Kier alpha value is -1.89. The van der Waals surface area contributed by atoms with Crippen LogP contribution in [0.15, 0.2) is 12.3 Å². The van der Waals surface area contributed by atoms with Crippen LogP contribution in [-0.2, 0) is 13.5 Å². The van der Waals surface area contributed by atoms with Crippen molar-refractivity contribution in [3.05, 3.63) is 27.8 Å². The summed E-state index contributed by atoms with van der Waals surface area (Å²) in [5.41, 5.74) is 1.18. The van der Waals surface area contributed by atoms with Gasteiger partial charge in [-0.1, -0.05) is 0 Å². The van der Waals surface area contributed by atoms with E-state index in [1.807, 2.05) is 14.0 Å². The normalized spacial score (nSPS) is 17.3. The number of fused-ring (bicyclic) bond motifs is 1. The van der Waals surface area contributed by atoms with Crippen LogP contribution >= 0.6 is 11.3 Å². The van der Waals surface area contributed by atoms with Crippen molar-refractivity contribution in [1.29, 1.82) is 0 Å². The van der Waals surface area contributed by atoms with E-state index in [9.17, 15) is 4.79 Å². The summed E-state index contributed by atoms with van der Waals surface area (Å²) in [6.07, 6.45) is 5.17. The quantitative estimate of drug-likeness (QED) is 0.915. The molecule has 1 unspecified atom stereocenters. The average molecular weight is 305 g/mol. The second kappa shape index (κ2) is 5.85. The van der Waals surface area contributed by atoms with Crippen LogP contribution in [0, 0.1) is 6.92 Å². The number of amides is 2. The van der Waals surface area contributed by atoms with Crippen molar-refractivity contribution in [1.82, 2.24) is 20.1 Å². The summed E-state index contributed by atoms with van der Waals surface area (Å²) in [4.78, 5) is 17.9. The highest BCUT2D eigenvalue weighted by Gasteiger charge is 2.24. The molecular formula is C14H19N5OS. The van der Waals surface area contributed by atoms with Crippen LogP contribution in [0.1, 0.15) is 34.3 Å². The highest BCUT2D eigenvalue weighted by atomic mass is 32.1. The number of thiazole rings is 1. The molecule has 0 aliphatic heterocycles. The minimum Gasteiger partial charge on any atom is -0.337 e. The zero-order valence-corrected chi connectivity index (χ0v) is 13.0. The van der Waals surface area contributed by atoms with Gasteiger partial charge in [0.2, 0.25) is 0 Å². The molecule has 2 aromatic rings. The van der Waals surface area contributed by atoms with Gasteiger partial charge >= 0.3 is 6.03 Å². The Morgan fingerprint density at radius 2 is 2.43 bits per heavy atom. The maximum absolute atomic E-state index is 11.9. The minimum atomic E-state index is -0.215. The molecule has 0 spiro atoms. The van der Waals surface area contributed by atoms with Crippen molar-refractivity contribution < 1.29 is 4.79 Å². The SMILES string of the molecule is Cc1nc2c(s1)CCCC2CNC(=O)Nc1ccn(C)n1. The molecule has 21 heavy (non-hydrogen) atoms. The smallest absolute Gasteiger partial charge is 0.320 e. The summed E-state index contributed by atoms with van der Waals surface area (Å²) >= 11 is 1.78. The number of hydrogen-bond acceptors (Lipinski definition) is 4. The van der Waals surface area contributed by atoms with E-state index in [0.29, 0.717) is 18.3 Å². The first kappa shape index (κ1) is 14.1. The molecule has 6 nitrogen and oxygen atoms in total. The molecule has 0 saturated heterocycles. The molecule has 0 aromatic carbocycles. The van der Waals surface area contributed by atoms with E-state index >= 15 is 0 Å². The van der Waals surface area contributed by atoms with Gasteiger partial charge in [-0.25, -0.2) is 9.78 Å². The third-order valence-electron chi connectivity index (χ3n) is 3.64. The van der Waals surface area contributed by atoms with Crippen LogP contribution < -0.4 is 10.6 Å². The molecule has 0 radical (unpaired) electrons. The van der Waals surface area contributed by atoms with Gasteiger partial charge in [-0.05, 0) is 26.2 Å². The van der Waals surface area contributed by atoms with E-state index in [0.717, 1.165) is 17.8 Å². The molecule has 2 heterocycles. The molecule has 0 saturated carbocycles.